The summed E-state index contributed by atoms with van der Waals surface area (Å²) in [6, 6.07) is 14.1. The lowest BCUT2D eigenvalue weighted by Gasteiger charge is -2.49. The molecule has 2 aromatic rings. The molecule has 29 heavy (non-hydrogen) atoms. The van der Waals surface area contributed by atoms with Crippen LogP contribution in [0.5, 0.6) is 5.75 Å². The number of benzene rings is 2. The van der Waals surface area contributed by atoms with Gasteiger partial charge in [-0.05, 0) is 48.9 Å². The molecule has 2 saturated heterocycles. The second-order valence-electron chi connectivity index (χ2n) is 8.02. The zero-order valence-corrected chi connectivity index (χ0v) is 16.4. The minimum absolute atomic E-state index is 0.0577. The monoisotopic (exact) mass is 398 g/mol. The first kappa shape index (κ1) is 19.7. The van der Waals surface area contributed by atoms with Crippen molar-refractivity contribution < 1.29 is 19.0 Å². The third kappa shape index (κ3) is 4.53. The molecule has 2 aliphatic heterocycles. The SMILES string of the molecule is O=C(NCc1ccc(OCc2ccccc2F)cc1)N1CC2CCC1C(CO)C2. The van der Waals surface area contributed by atoms with Gasteiger partial charge in [0.05, 0.1) is 0 Å². The number of carbonyl (C=O) groups is 1. The van der Waals surface area contributed by atoms with Crippen LogP contribution >= 0.6 is 0 Å². The largest absolute Gasteiger partial charge is 0.489 e. The molecule has 6 heteroatoms. The van der Waals surface area contributed by atoms with Crippen molar-refractivity contribution in [3.8, 4) is 5.75 Å². The number of halogens is 1. The zero-order chi connectivity index (χ0) is 20.2. The molecule has 0 radical (unpaired) electrons. The molecule has 5 nitrogen and oxygen atoms in total. The van der Waals surface area contributed by atoms with Gasteiger partial charge in [0.25, 0.3) is 0 Å². The Bertz CT molecular complexity index is 842. The summed E-state index contributed by atoms with van der Waals surface area (Å²) in [5, 5.41) is 12.6. The van der Waals surface area contributed by atoms with Crippen molar-refractivity contribution in [1.29, 1.82) is 0 Å². The minimum atomic E-state index is -0.276. The number of ether oxygens (including phenoxy) is 1. The van der Waals surface area contributed by atoms with Crippen molar-refractivity contribution in [2.45, 2.75) is 38.5 Å². The number of nitrogens with one attached hydrogen (secondary N) is 1. The van der Waals surface area contributed by atoms with Gasteiger partial charge in [-0.25, -0.2) is 9.18 Å². The number of hydrogen-bond donors (Lipinski definition) is 2. The quantitative estimate of drug-likeness (QED) is 0.780. The molecular formula is C23H27FN2O3. The number of piperidine rings is 2. The molecular weight excluding hydrogens is 371 g/mol. The van der Waals surface area contributed by atoms with E-state index >= 15 is 0 Å². The minimum Gasteiger partial charge on any atom is -0.489 e. The van der Waals surface area contributed by atoms with Crippen LogP contribution in [0.3, 0.4) is 0 Å². The summed E-state index contributed by atoms with van der Waals surface area (Å²) in [5.41, 5.74) is 1.48. The van der Waals surface area contributed by atoms with Crippen LogP contribution in [0.1, 0.15) is 30.4 Å². The molecule has 5 rings (SSSR count). The third-order valence-electron chi connectivity index (χ3n) is 6.12. The highest BCUT2D eigenvalue weighted by Crippen LogP contribution is 2.38. The van der Waals surface area contributed by atoms with Gasteiger partial charge in [-0.2, -0.15) is 0 Å². The summed E-state index contributed by atoms with van der Waals surface area (Å²) in [6.07, 6.45) is 3.16. The Kier molecular flexibility index (Phi) is 6.00. The van der Waals surface area contributed by atoms with Crippen LogP contribution in [0, 0.1) is 17.7 Å². The summed E-state index contributed by atoms with van der Waals surface area (Å²) in [7, 11) is 0. The van der Waals surface area contributed by atoms with Crippen molar-refractivity contribution in [2.24, 2.45) is 11.8 Å². The first-order valence-electron chi connectivity index (χ1n) is 10.2. The van der Waals surface area contributed by atoms with Gasteiger partial charge < -0.3 is 20.1 Å². The van der Waals surface area contributed by atoms with E-state index in [1.165, 1.54) is 6.07 Å². The maximum Gasteiger partial charge on any atom is 0.317 e. The number of urea groups is 1. The van der Waals surface area contributed by atoms with Crippen LogP contribution in [-0.4, -0.2) is 35.2 Å². The Morgan fingerprint density at radius 1 is 1.17 bits per heavy atom. The molecule has 2 N–H and O–H groups in total. The van der Waals surface area contributed by atoms with Crippen molar-refractivity contribution in [2.75, 3.05) is 13.2 Å². The number of nitrogens with zero attached hydrogens (tertiary/aromatic N) is 1. The smallest absolute Gasteiger partial charge is 0.317 e. The van der Waals surface area contributed by atoms with Gasteiger partial charge in [-0.3, -0.25) is 0 Å². The van der Waals surface area contributed by atoms with Gasteiger partial charge in [-0.15, -0.1) is 0 Å². The Balaban J connectivity index is 1.28. The van der Waals surface area contributed by atoms with Crippen LogP contribution in [0.15, 0.2) is 48.5 Å². The van der Waals surface area contributed by atoms with Crippen LogP contribution in [0.25, 0.3) is 0 Å². The summed E-state index contributed by atoms with van der Waals surface area (Å²) in [5.74, 6) is 1.09. The Morgan fingerprint density at radius 2 is 1.97 bits per heavy atom. The zero-order valence-electron chi connectivity index (χ0n) is 16.4. The van der Waals surface area contributed by atoms with E-state index < -0.39 is 0 Å². The lowest BCUT2D eigenvalue weighted by atomic mass is 9.73. The molecule has 1 aliphatic carbocycles. The van der Waals surface area contributed by atoms with Crippen LogP contribution in [0.2, 0.25) is 0 Å². The van der Waals surface area contributed by atoms with Crippen molar-refractivity contribution >= 4 is 6.03 Å². The maximum atomic E-state index is 13.7. The number of fused-ring (bicyclic) bond motifs is 3. The number of carbonyl (C=O) groups excluding carboxylic acids is 1. The predicted molar refractivity (Wildman–Crippen MR) is 108 cm³/mol. The standard InChI is InChI=1S/C23H27FN2O3/c24-21-4-2-1-3-18(21)15-29-20-8-5-16(6-9-20)12-25-23(28)26-13-17-7-10-22(26)19(11-17)14-27/h1-6,8-9,17,19,22,27H,7,10-15H2,(H,25,28). The van der Waals surface area contributed by atoms with E-state index in [1.807, 2.05) is 29.2 Å². The highest BCUT2D eigenvalue weighted by molar-refractivity contribution is 5.75. The highest BCUT2D eigenvalue weighted by Gasteiger charge is 2.42. The molecule has 3 aliphatic rings. The predicted octanol–water partition coefficient (Wildman–Crippen LogP) is 3.71. The van der Waals surface area contributed by atoms with Crippen LogP contribution in [0.4, 0.5) is 9.18 Å². The van der Waals surface area contributed by atoms with Crippen LogP contribution in [-0.2, 0) is 13.2 Å². The molecule has 2 aromatic carbocycles. The van der Waals surface area contributed by atoms with E-state index in [9.17, 15) is 14.3 Å². The van der Waals surface area contributed by atoms with Gasteiger partial charge in [0.1, 0.15) is 18.2 Å². The van der Waals surface area contributed by atoms with Crippen molar-refractivity contribution in [3.05, 3.63) is 65.5 Å². The number of hydrogen-bond acceptors (Lipinski definition) is 3. The Labute approximate surface area is 170 Å². The first-order valence-corrected chi connectivity index (χ1v) is 10.2. The molecule has 2 amide bonds. The Morgan fingerprint density at radius 3 is 2.69 bits per heavy atom. The Hall–Kier alpha value is -2.60. The molecule has 1 saturated carbocycles. The summed E-state index contributed by atoms with van der Waals surface area (Å²) in [4.78, 5) is 14.6. The van der Waals surface area contributed by atoms with Gasteiger partial charge in [-0.1, -0.05) is 30.3 Å². The van der Waals surface area contributed by atoms with Gasteiger partial charge in [0, 0.05) is 37.2 Å². The molecule has 154 valence electrons. The highest BCUT2D eigenvalue weighted by atomic mass is 19.1. The van der Waals surface area contributed by atoms with Crippen molar-refractivity contribution in [1.82, 2.24) is 10.2 Å². The molecule has 3 atom stereocenters. The van der Waals surface area contributed by atoms with Gasteiger partial charge in [0.2, 0.25) is 0 Å². The molecule has 2 bridgehead atoms. The molecule has 0 aromatic heterocycles. The first-order chi connectivity index (χ1) is 14.1. The van der Waals surface area contributed by atoms with E-state index in [0.29, 0.717) is 23.8 Å². The normalized spacial score (nSPS) is 23.1. The molecule has 2 heterocycles. The van der Waals surface area contributed by atoms with E-state index in [2.05, 4.69) is 5.32 Å². The molecule has 3 unspecified atom stereocenters. The number of amides is 2. The average Bonchev–Trinajstić information content (AvgIpc) is 2.77. The van der Waals surface area contributed by atoms with Gasteiger partial charge >= 0.3 is 6.03 Å². The summed E-state index contributed by atoms with van der Waals surface area (Å²) < 4.78 is 19.3. The number of rotatable bonds is 6. The fraction of sp³-hybridized carbons (Fsp3) is 0.435. The third-order valence-corrected chi connectivity index (χ3v) is 6.12. The number of aliphatic hydroxyl groups excluding tert-OH is 1. The average molecular weight is 398 g/mol. The second-order valence-corrected chi connectivity index (χ2v) is 8.02. The molecule has 3 fully saturated rings. The summed E-state index contributed by atoms with van der Waals surface area (Å²) in [6.45, 7) is 1.55. The van der Waals surface area contributed by atoms with E-state index in [1.54, 1.807) is 18.2 Å². The second kappa shape index (κ2) is 8.82. The van der Waals surface area contributed by atoms with E-state index in [0.717, 1.165) is 31.4 Å². The number of aliphatic hydroxyl groups is 1. The van der Waals surface area contributed by atoms with E-state index in [-0.39, 0.29) is 37.0 Å². The molecule has 0 spiro atoms. The van der Waals surface area contributed by atoms with Crippen LogP contribution < -0.4 is 10.1 Å². The van der Waals surface area contributed by atoms with Gasteiger partial charge in [0.15, 0.2) is 0 Å². The topological polar surface area (TPSA) is 61.8 Å². The fourth-order valence-electron chi connectivity index (χ4n) is 4.52. The maximum absolute atomic E-state index is 13.7. The lowest BCUT2D eigenvalue weighted by Crippen LogP contribution is -2.58. The van der Waals surface area contributed by atoms with Crippen molar-refractivity contribution in [3.63, 3.8) is 0 Å². The lowest BCUT2D eigenvalue weighted by molar-refractivity contribution is 0.00388. The van der Waals surface area contributed by atoms with E-state index in [4.69, 9.17) is 4.74 Å². The fourth-order valence-corrected chi connectivity index (χ4v) is 4.52. The summed E-state index contributed by atoms with van der Waals surface area (Å²) >= 11 is 0.